The monoisotopic (exact) mass is 686 g/mol. The highest BCUT2D eigenvalue weighted by atomic mass is 28.3. The lowest BCUT2D eigenvalue weighted by Gasteiger charge is -2.38. The number of hydrogen-bond donors (Lipinski definition) is 2. The summed E-state index contributed by atoms with van der Waals surface area (Å²) in [5.74, 6) is 11.1. The minimum atomic E-state index is -2.01. The Morgan fingerprint density at radius 1 is 0.569 bits per heavy atom. The zero-order valence-electron chi connectivity index (χ0n) is 30.8. The molecule has 51 heavy (non-hydrogen) atoms. The van der Waals surface area contributed by atoms with Gasteiger partial charge in [0, 0.05) is 30.8 Å². The lowest BCUT2D eigenvalue weighted by atomic mass is 9.89. The van der Waals surface area contributed by atoms with Crippen molar-refractivity contribution in [2.45, 2.75) is 64.3 Å². The zero-order valence-corrected chi connectivity index (χ0v) is 31.8. The van der Waals surface area contributed by atoms with Gasteiger partial charge in [-0.3, -0.25) is 10.0 Å². The van der Waals surface area contributed by atoms with Gasteiger partial charge >= 0.3 is 6.03 Å². The second-order valence-electron chi connectivity index (χ2n) is 14.9. The second kappa shape index (κ2) is 13.5. The van der Waals surface area contributed by atoms with Crippen LogP contribution in [-0.4, -0.2) is 38.2 Å². The fourth-order valence-corrected chi connectivity index (χ4v) is 13.5. The molecule has 1 saturated heterocycles. The van der Waals surface area contributed by atoms with Crippen LogP contribution in [0.15, 0.2) is 97.1 Å². The number of rotatable bonds is 4. The van der Waals surface area contributed by atoms with Gasteiger partial charge in [-0.1, -0.05) is 120 Å². The molecular weight excluding hydrogens is 641 g/mol. The molecule has 0 spiro atoms. The molecule has 256 valence electrons. The molecule has 6 aromatic carbocycles. The summed E-state index contributed by atoms with van der Waals surface area (Å²) in [5.41, 5.74) is 16.1. The number of hydrogen-bond acceptors (Lipinski definition) is 3. The third-order valence-corrected chi connectivity index (χ3v) is 17.2. The molecule has 0 radical (unpaired) electrons. The Hall–Kier alpha value is -5.11. The number of hydrazine groups is 2. The van der Waals surface area contributed by atoms with E-state index in [0.29, 0.717) is 16.6 Å². The number of carbonyl (C=O) groups excluding carboxylic acids is 1. The standard InChI is InChI=1S/C45H46N4OSi/c1-29(2)51(30(3)4,31(5)6)24-23-39-42-27-36-15-11-9-13-34(36)25-40(42)38(41-26-35-14-10-12-16-37(35)28-43(39)41)22-19-32-17-20-33(21-18-32)44-46-48(7)45(50)49(8)47-44/h9-18,20-21,25-31,44,46-47H,1-8H3. The minimum absolute atomic E-state index is 0.146. The summed E-state index contributed by atoms with van der Waals surface area (Å²) in [5, 5.41) is 12.3. The molecule has 5 nitrogen and oxygen atoms in total. The van der Waals surface area contributed by atoms with Gasteiger partial charge in [0.2, 0.25) is 0 Å². The fraction of sp³-hybridized carbons (Fsp3) is 0.267. The highest BCUT2D eigenvalue weighted by Crippen LogP contribution is 2.42. The molecule has 1 heterocycles. The van der Waals surface area contributed by atoms with Crippen molar-refractivity contribution in [3.05, 3.63) is 119 Å². The molecule has 0 unspecified atom stereocenters. The average Bonchev–Trinajstić information content (AvgIpc) is 3.11. The fourth-order valence-electron chi connectivity index (χ4n) is 8.27. The van der Waals surface area contributed by atoms with E-state index in [0.717, 1.165) is 43.8 Å². The van der Waals surface area contributed by atoms with Crippen LogP contribution in [0.3, 0.4) is 0 Å². The highest BCUT2D eigenvalue weighted by Gasteiger charge is 2.41. The Bertz CT molecular complexity index is 2310. The number of fused-ring (bicyclic) bond motifs is 4. The number of nitrogens with zero attached hydrogens (tertiary/aromatic N) is 2. The predicted molar refractivity (Wildman–Crippen MR) is 217 cm³/mol. The molecule has 0 saturated carbocycles. The van der Waals surface area contributed by atoms with Crippen molar-refractivity contribution in [1.29, 1.82) is 0 Å². The number of amides is 2. The lowest BCUT2D eigenvalue weighted by Crippen LogP contribution is -2.62. The molecule has 6 heteroatoms. The van der Waals surface area contributed by atoms with Gasteiger partial charge < -0.3 is 0 Å². The summed E-state index contributed by atoms with van der Waals surface area (Å²) < 4.78 is 0. The minimum Gasteiger partial charge on any atom is -0.260 e. The first-order valence-electron chi connectivity index (χ1n) is 18.0. The summed E-state index contributed by atoms with van der Waals surface area (Å²) in [6.07, 6.45) is -0.230. The first kappa shape index (κ1) is 34.3. The van der Waals surface area contributed by atoms with E-state index in [-0.39, 0.29) is 12.2 Å². The quantitative estimate of drug-likeness (QED) is 0.110. The van der Waals surface area contributed by atoms with E-state index in [1.165, 1.54) is 31.6 Å². The maximum atomic E-state index is 12.2. The Labute approximate surface area is 303 Å². The van der Waals surface area contributed by atoms with Gasteiger partial charge in [-0.15, -0.1) is 5.54 Å². The molecule has 7 rings (SSSR count). The van der Waals surface area contributed by atoms with Crippen molar-refractivity contribution in [2.75, 3.05) is 14.1 Å². The molecule has 6 aromatic rings. The maximum Gasteiger partial charge on any atom is 0.348 e. The molecule has 2 amide bonds. The number of benzene rings is 6. The van der Waals surface area contributed by atoms with Crippen LogP contribution in [0.1, 0.15) is 70.0 Å². The smallest absolute Gasteiger partial charge is 0.260 e. The summed E-state index contributed by atoms with van der Waals surface area (Å²) in [6, 6.07) is 34.5. The van der Waals surface area contributed by atoms with Crippen LogP contribution >= 0.6 is 0 Å². The van der Waals surface area contributed by atoms with Gasteiger partial charge in [-0.2, -0.15) is 0 Å². The highest BCUT2D eigenvalue weighted by molar-refractivity contribution is 6.90. The molecule has 2 N–H and O–H groups in total. The topological polar surface area (TPSA) is 47.6 Å². The van der Waals surface area contributed by atoms with Gasteiger partial charge in [0.05, 0.1) is 0 Å². The van der Waals surface area contributed by atoms with Crippen LogP contribution < -0.4 is 10.9 Å². The maximum absolute atomic E-state index is 12.2. The molecule has 1 fully saturated rings. The molecular formula is C45H46N4OSi. The summed E-state index contributed by atoms with van der Waals surface area (Å²) in [6.45, 7) is 14.3. The van der Waals surface area contributed by atoms with Crippen molar-refractivity contribution in [2.24, 2.45) is 0 Å². The van der Waals surface area contributed by atoms with Gasteiger partial charge in [-0.25, -0.2) is 15.6 Å². The van der Waals surface area contributed by atoms with Gasteiger partial charge in [0.1, 0.15) is 14.2 Å². The predicted octanol–water partition coefficient (Wildman–Crippen LogP) is 10.3. The van der Waals surface area contributed by atoms with E-state index >= 15 is 0 Å². The van der Waals surface area contributed by atoms with Gasteiger partial charge in [0.15, 0.2) is 0 Å². The third-order valence-electron chi connectivity index (χ3n) is 10.9. The van der Waals surface area contributed by atoms with Gasteiger partial charge in [-0.05, 0) is 102 Å². The number of nitrogens with one attached hydrogen (secondary N) is 2. The van der Waals surface area contributed by atoms with Crippen molar-refractivity contribution < 1.29 is 4.79 Å². The SMILES string of the molecule is CC(C)[Si](C#Cc1c2cc3ccccc3cc2c(C#Cc2ccc(C3NN(C)C(=O)N(C)N3)cc2)c2cc3ccccc3cc12)(C(C)C)C(C)C. The average molecular weight is 687 g/mol. The first-order chi connectivity index (χ1) is 24.5. The third kappa shape index (κ3) is 6.15. The molecule has 1 aliphatic heterocycles. The normalized spacial score (nSPS) is 14.2. The van der Waals surface area contributed by atoms with E-state index in [9.17, 15) is 4.79 Å². The molecule has 1 aliphatic rings. The molecule has 0 atom stereocenters. The molecule has 0 aliphatic carbocycles. The van der Waals surface area contributed by atoms with Crippen molar-refractivity contribution in [3.63, 3.8) is 0 Å². The zero-order chi connectivity index (χ0) is 36.0. The Morgan fingerprint density at radius 3 is 1.35 bits per heavy atom. The van der Waals surface area contributed by atoms with Crippen molar-refractivity contribution in [3.8, 4) is 23.3 Å². The number of urea groups is 1. The Balaban J connectivity index is 1.47. The van der Waals surface area contributed by atoms with Crippen LogP contribution in [0, 0.1) is 23.3 Å². The Kier molecular flexibility index (Phi) is 9.12. The largest absolute Gasteiger partial charge is 0.348 e. The van der Waals surface area contributed by atoms with Crippen LogP contribution in [0.25, 0.3) is 43.1 Å². The van der Waals surface area contributed by atoms with Crippen molar-refractivity contribution >= 4 is 57.2 Å². The van der Waals surface area contributed by atoms with E-state index < -0.39 is 8.07 Å². The van der Waals surface area contributed by atoms with Crippen molar-refractivity contribution in [1.82, 2.24) is 20.9 Å². The number of carbonyl (C=O) groups is 1. The summed E-state index contributed by atoms with van der Waals surface area (Å²) >= 11 is 0. The van der Waals surface area contributed by atoms with Crippen LogP contribution in [-0.2, 0) is 0 Å². The van der Waals surface area contributed by atoms with Crippen LogP contribution in [0.4, 0.5) is 4.79 Å². The summed E-state index contributed by atoms with van der Waals surface area (Å²) in [4.78, 5) is 12.2. The van der Waals surface area contributed by atoms with E-state index in [2.05, 4.69) is 161 Å². The van der Waals surface area contributed by atoms with Crippen LogP contribution in [0.2, 0.25) is 16.6 Å². The molecule has 0 bridgehead atoms. The van der Waals surface area contributed by atoms with E-state index in [1.807, 2.05) is 12.1 Å². The van der Waals surface area contributed by atoms with E-state index in [1.54, 1.807) is 14.1 Å². The first-order valence-corrected chi connectivity index (χ1v) is 20.2. The van der Waals surface area contributed by atoms with E-state index in [4.69, 9.17) is 0 Å². The van der Waals surface area contributed by atoms with Crippen LogP contribution in [0.5, 0.6) is 0 Å². The van der Waals surface area contributed by atoms with Gasteiger partial charge in [0.25, 0.3) is 0 Å². The molecule has 0 aromatic heterocycles. The summed E-state index contributed by atoms with van der Waals surface area (Å²) in [7, 11) is 1.43. The lowest BCUT2D eigenvalue weighted by molar-refractivity contribution is 0.0580. The Morgan fingerprint density at radius 2 is 0.961 bits per heavy atom. The second-order valence-corrected chi connectivity index (χ2v) is 20.4.